The second kappa shape index (κ2) is 12.9. The van der Waals surface area contributed by atoms with E-state index in [1.807, 2.05) is 60.7 Å². The van der Waals surface area contributed by atoms with Crippen molar-refractivity contribution in [3.05, 3.63) is 71.8 Å². The van der Waals surface area contributed by atoms with Gasteiger partial charge in [-0.1, -0.05) is 60.7 Å². The number of benzene rings is 2. The number of amides is 3. The Labute approximate surface area is 227 Å². The highest BCUT2D eigenvalue weighted by Crippen LogP contribution is 2.26. The molecule has 0 aromatic heterocycles. The van der Waals surface area contributed by atoms with Crippen molar-refractivity contribution in [1.29, 1.82) is 0 Å². The predicted octanol–water partition coefficient (Wildman–Crippen LogP) is 0.711. The lowest BCUT2D eigenvalue weighted by Crippen LogP contribution is -2.56. The molecule has 2 aromatic carbocycles. The van der Waals surface area contributed by atoms with Gasteiger partial charge in [-0.05, 0) is 30.4 Å². The van der Waals surface area contributed by atoms with Gasteiger partial charge in [-0.2, -0.15) is 0 Å². The number of likely N-dealkylation sites (tertiary alicyclic amines) is 2. The van der Waals surface area contributed by atoms with Crippen LogP contribution in [0.4, 0.5) is 0 Å². The number of carboxylic acid groups (broad SMARTS) is 1. The molecule has 2 heterocycles. The van der Waals surface area contributed by atoms with Gasteiger partial charge in [-0.25, -0.2) is 4.79 Å². The molecule has 0 spiro atoms. The highest BCUT2D eigenvalue weighted by molar-refractivity contribution is 5.94. The van der Waals surface area contributed by atoms with Crippen molar-refractivity contribution in [3.63, 3.8) is 0 Å². The molecule has 0 aliphatic carbocycles. The largest absolute Gasteiger partial charge is 0.480 e. The minimum atomic E-state index is -1.08. The molecule has 208 valence electrons. The average molecular weight is 537 g/mol. The van der Waals surface area contributed by atoms with Gasteiger partial charge in [0.1, 0.15) is 18.1 Å². The number of carbonyl (C=O) groups is 4. The Morgan fingerprint density at radius 2 is 1.54 bits per heavy atom. The van der Waals surface area contributed by atoms with Crippen LogP contribution in [-0.2, 0) is 32.0 Å². The maximum absolute atomic E-state index is 13.8. The molecule has 5 atom stereocenters. The molecule has 2 aliphatic heterocycles. The Bertz CT molecular complexity index is 1160. The van der Waals surface area contributed by atoms with Crippen LogP contribution in [0.3, 0.4) is 0 Å². The van der Waals surface area contributed by atoms with E-state index in [4.69, 9.17) is 5.73 Å². The molecule has 2 aromatic rings. The first-order valence-electron chi connectivity index (χ1n) is 13.4. The van der Waals surface area contributed by atoms with Gasteiger partial charge in [-0.3, -0.25) is 14.4 Å². The van der Waals surface area contributed by atoms with Crippen molar-refractivity contribution >= 4 is 23.7 Å². The number of hydrogen-bond donors (Lipinski definition) is 4. The van der Waals surface area contributed by atoms with Crippen molar-refractivity contribution in [3.8, 4) is 0 Å². The van der Waals surface area contributed by atoms with Crippen LogP contribution in [0.5, 0.6) is 0 Å². The minimum absolute atomic E-state index is 0.00647. The van der Waals surface area contributed by atoms with E-state index >= 15 is 0 Å². The van der Waals surface area contributed by atoms with Crippen molar-refractivity contribution in [2.24, 2.45) is 5.73 Å². The summed E-state index contributed by atoms with van der Waals surface area (Å²) in [5.74, 6) is -2.46. The van der Waals surface area contributed by atoms with E-state index in [9.17, 15) is 29.4 Å². The fraction of sp³-hybridized carbons (Fsp3) is 0.448. The zero-order valence-corrected chi connectivity index (χ0v) is 21.8. The molecule has 5 N–H and O–H groups in total. The van der Waals surface area contributed by atoms with Crippen LogP contribution < -0.4 is 11.1 Å². The van der Waals surface area contributed by atoms with Crippen LogP contribution in [0.25, 0.3) is 0 Å². The van der Waals surface area contributed by atoms with Gasteiger partial charge < -0.3 is 31.1 Å². The van der Waals surface area contributed by atoms with Crippen molar-refractivity contribution in [2.45, 2.75) is 68.8 Å². The summed E-state index contributed by atoms with van der Waals surface area (Å²) >= 11 is 0. The first-order valence-corrected chi connectivity index (χ1v) is 13.4. The standard InChI is InChI=1S/C29H36N4O6/c30-21(14-19-8-3-1-4-9-19)16-26(35)31-23(15-20-10-5-2-6-11-20)27(36)33-18-22(34)17-25(33)28(37)32-13-7-12-24(32)29(38)39/h1-6,8-11,21-25,34H,7,12-18,30H2,(H,31,35)(H,38,39). The molecule has 2 fully saturated rings. The van der Waals surface area contributed by atoms with Gasteiger partial charge in [0.2, 0.25) is 17.7 Å². The van der Waals surface area contributed by atoms with E-state index in [2.05, 4.69) is 5.32 Å². The van der Waals surface area contributed by atoms with Crippen LogP contribution in [0, 0.1) is 0 Å². The quantitative estimate of drug-likeness (QED) is 0.349. The number of carbonyl (C=O) groups excluding carboxylic acids is 3. The maximum atomic E-state index is 13.8. The summed E-state index contributed by atoms with van der Waals surface area (Å²) in [6, 6.07) is 15.4. The number of carboxylic acids is 1. The second-order valence-corrected chi connectivity index (χ2v) is 10.4. The van der Waals surface area contributed by atoms with Crippen molar-refractivity contribution in [1.82, 2.24) is 15.1 Å². The molecule has 2 aliphatic rings. The number of nitrogens with zero attached hydrogens (tertiary/aromatic N) is 2. The third-order valence-corrected chi connectivity index (χ3v) is 7.37. The van der Waals surface area contributed by atoms with Crippen LogP contribution in [0.1, 0.15) is 36.8 Å². The van der Waals surface area contributed by atoms with E-state index < -0.39 is 48.1 Å². The number of aliphatic carboxylic acids is 1. The first kappa shape index (κ1) is 28.3. The van der Waals surface area contributed by atoms with Gasteiger partial charge in [-0.15, -0.1) is 0 Å². The van der Waals surface area contributed by atoms with E-state index in [0.29, 0.717) is 19.3 Å². The summed E-state index contributed by atoms with van der Waals surface area (Å²) in [4.78, 5) is 54.5. The van der Waals surface area contributed by atoms with Crippen LogP contribution in [-0.4, -0.2) is 87.1 Å². The number of nitrogens with one attached hydrogen (secondary N) is 1. The SMILES string of the molecule is NC(CC(=O)NC(Cc1ccccc1)C(=O)N1CC(O)CC1C(=O)N1CCCC1C(=O)O)Cc1ccccc1. The topological polar surface area (TPSA) is 153 Å². The van der Waals surface area contributed by atoms with Crippen LogP contribution in [0.2, 0.25) is 0 Å². The third kappa shape index (κ3) is 7.21. The Balaban J connectivity index is 1.49. The van der Waals surface area contributed by atoms with Crippen LogP contribution >= 0.6 is 0 Å². The van der Waals surface area contributed by atoms with E-state index in [0.717, 1.165) is 11.1 Å². The molecule has 2 saturated heterocycles. The van der Waals surface area contributed by atoms with E-state index in [1.165, 1.54) is 9.80 Å². The molecule has 0 radical (unpaired) electrons. The number of aliphatic hydroxyl groups is 1. The number of rotatable bonds is 10. The molecule has 10 heteroatoms. The number of β-amino-alcohol motifs (C(OH)–C–C–N with tert-alkyl or cyclic N) is 1. The lowest BCUT2D eigenvalue weighted by Gasteiger charge is -2.32. The summed E-state index contributed by atoms with van der Waals surface area (Å²) in [5.41, 5.74) is 8.05. The summed E-state index contributed by atoms with van der Waals surface area (Å²) in [5, 5.41) is 22.8. The highest BCUT2D eigenvalue weighted by atomic mass is 16.4. The van der Waals surface area contributed by atoms with E-state index in [-0.39, 0.29) is 38.3 Å². The van der Waals surface area contributed by atoms with Gasteiger partial charge in [0.05, 0.1) is 6.10 Å². The minimum Gasteiger partial charge on any atom is -0.480 e. The lowest BCUT2D eigenvalue weighted by molar-refractivity contribution is -0.152. The normalized spacial score (nSPS) is 22.4. The molecule has 10 nitrogen and oxygen atoms in total. The zero-order valence-electron chi connectivity index (χ0n) is 21.8. The van der Waals surface area contributed by atoms with Gasteiger partial charge >= 0.3 is 5.97 Å². The molecular weight excluding hydrogens is 500 g/mol. The molecule has 0 bridgehead atoms. The van der Waals surface area contributed by atoms with Crippen LogP contribution in [0.15, 0.2) is 60.7 Å². The summed E-state index contributed by atoms with van der Waals surface area (Å²) < 4.78 is 0. The van der Waals surface area contributed by atoms with Crippen molar-refractivity contribution in [2.75, 3.05) is 13.1 Å². The molecule has 3 amide bonds. The lowest BCUT2D eigenvalue weighted by atomic mass is 10.0. The first-order chi connectivity index (χ1) is 18.7. The van der Waals surface area contributed by atoms with Gasteiger partial charge in [0, 0.05) is 38.4 Å². The Morgan fingerprint density at radius 1 is 0.923 bits per heavy atom. The number of hydrogen-bond acceptors (Lipinski definition) is 6. The zero-order chi connectivity index (χ0) is 27.9. The summed E-state index contributed by atoms with van der Waals surface area (Å²) in [6.07, 6.45) is 0.687. The fourth-order valence-corrected chi connectivity index (χ4v) is 5.50. The average Bonchev–Trinajstić information content (AvgIpc) is 3.56. The van der Waals surface area contributed by atoms with Gasteiger partial charge in [0.25, 0.3) is 0 Å². The molecule has 5 unspecified atom stereocenters. The molecular formula is C29H36N4O6. The third-order valence-electron chi connectivity index (χ3n) is 7.37. The fourth-order valence-electron chi connectivity index (χ4n) is 5.50. The van der Waals surface area contributed by atoms with E-state index in [1.54, 1.807) is 0 Å². The summed E-state index contributed by atoms with van der Waals surface area (Å²) in [7, 11) is 0. The predicted molar refractivity (Wildman–Crippen MR) is 143 cm³/mol. The number of nitrogens with two attached hydrogens (primary N) is 1. The maximum Gasteiger partial charge on any atom is 0.326 e. The smallest absolute Gasteiger partial charge is 0.326 e. The Hall–Kier alpha value is -3.76. The number of aliphatic hydroxyl groups excluding tert-OH is 1. The van der Waals surface area contributed by atoms with Crippen molar-refractivity contribution < 1.29 is 29.4 Å². The second-order valence-electron chi connectivity index (χ2n) is 10.4. The molecule has 4 rings (SSSR count). The molecule has 0 saturated carbocycles. The monoisotopic (exact) mass is 536 g/mol. The highest BCUT2D eigenvalue weighted by Gasteiger charge is 2.46. The van der Waals surface area contributed by atoms with Gasteiger partial charge in [0.15, 0.2) is 0 Å². The Morgan fingerprint density at radius 3 is 2.15 bits per heavy atom. The Kier molecular flexibility index (Phi) is 9.32. The summed E-state index contributed by atoms with van der Waals surface area (Å²) in [6.45, 7) is 0.212. The molecule has 39 heavy (non-hydrogen) atoms.